The summed E-state index contributed by atoms with van der Waals surface area (Å²) in [5.74, 6) is -0.151. The summed E-state index contributed by atoms with van der Waals surface area (Å²) in [7, 11) is -3.75. The Labute approximate surface area is 187 Å². The number of nitrogens with one attached hydrogen (secondary N) is 1. The minimum atomic E-state index is -3.75. The Morgan fingerprint density at radius 1 is 1.03 bits per heavy atom. The lowest BCUT2D eigenvalue weighted by Gasteiger charge is -2.32. The highest BCUT2D eigenvalue weighted by Gasteiger charge is 2.39. The first kappa shape index (κ1) is 22.2. The van der Waals surface area contributed by atoms with E-state index in [4.69, 9.17) is 5.73 Å². The highest BCUT2D eigenvalue weighted by Crippen LogP contribution is 2.27. The molecule has 0 spiro atoms. The number of pyridine rings is 1. The van der Waals surface area contributed by atoms with Gasteiger partial charge in [-0.15, -0.1) is 0 Å². The van der Waals surface area contributed by atoms with Crippen LogP contribution in [0.1, 0.15) is 25.7 Å². The SMILES string of the molecule is NC(=O)C1CCCN(c2ccc(NC(=O)C3CCCN3S(=O)(=O)c3ccccc3)cn2)C1. The fraction of sp³-hybridized carbons (Fsp3) is 0.409. The number of nitrogens with zero attached hydrogens (tertiary/aromatic N) is 3. The van der Waals surface area contributed by atoms with Gasteiger partial charge in [0.2, 0.25) is 21.8 Å². The molecule has 3 N–H and O–H groups in total. The van der Waals surface area contributed by atoms with Crippen molar-refractivity contribution in [3.63, 3.8) is 0 Å². The molecule has 10 heteroatoms. The normalized spacial score (nSPS) is 21.9. The van der Waals surface area contributed by atoms with Crippen LogP contribution < -0.4 is 16.0 Å². The molecule has 2 amide bonds. The van der Waals surface area contributed by atoms with Gasteiger partial charge in [-0.05, 0) is 49.9 Å². The number of benzene rings is 1. The zero-order chi connectivity index (χ0) is 22.7. The van der Waals surface area contributed by atoms with Gasteiger partial charge in [-0.25, -0.2) is 13.4 Å². The van der Waals surface area contributed by atoms with E-state index in [1.807, 2.05) is 4.90 Å². The molecule has 0 bridgehead atoms. The third-order valence-electron chi connectivity index (χ3n) is 6.02. The van der Waals surface area contributed by atoms with Crippen LogP contribution in [-0.4, -0.2) is 55.2 Å². The van der Waals surface area contributed by atoms with Crippen molar-refractivity contribution in [2.75, 3.05) is 29.9 Å². The Morgan fingerprint density at radius 3 is 2.47 bits per heavy atom. The number of piperidine rings is 1. The van der Waals surface area contributed by atoms with E-state index >= 15 is 0 Å². The number of carbonyl (C=O) groups is 2. The zero-order valence-electron chi connectivity index (χ0n) is 17.7. The van der Waals surface area contributed by atoms with Crippen molar-refractivity contribution in [2.45, 2.75) is 36.6 Å². The van der Waals surface area contributed by atoms with Crippen molar-refractivity contribution in [3.8, 4) is 0 Å². The van der Waals surface area contributed by atoms with Crippen molar-refractivity contribution in [2.24, 2.45) is 11.7 Å². The number of hydrogen-bond donors (Lipinski definition) is 2. The number of sulfonamides is 1. The van der Waals surface area contributed by atoms with Gasteiger partial charge < -0.3 is 16.0 Å². The number of nitrogens with two attached hydrogens (primary N) is 1. The quantitative estimate of drug-likeness (QED) is 0.678. The first-order chi connectivity index (χ1) is 15.4. The molecule has 0 aliphatic carbocycles. The second-order valence-electron chi connectivity index (χ2n) is 8.17. The Balaban J connectivity index is 1.43. The van der Waals surface area contributed by atoms with Crippen LogP contribution in [0.2, 0.25) is 0 Å². The number of primary amides is 1. The van der Waals surface area contributed by atoms with E-state index in [1.165, 1.54) is 16.4 Å². The Hall–Kier alpha value is -2.98. The second-order valence-corrected chi connectivity index (χ2v) is 10.1. The predicted molar refractivity (Wildman–Crippen MR) is 120 cm³/mol. The Morgan fingerprint density at radius 2 is 1.78 bits per heavy atom. The molecule has 9 nitrogen and oxygen atoms in total. The molecule has 2 fully saturated rings. The van der Waals surface area contributed by atoms with Gasteiger partial charge in [0.25, 0.3) is 0 Å². The smallest absolute Gasteiger partial charge is 0.243 e. The molecule has 2 aliphatic rings. The zero-order valence-corrected chi connectivity index (χ0v) is 18.5. The monoisotopic (exact) mass is 457 g/mol. The van der Waals surface area contributed by atoms with Gasteiger partial charge in [0.05, 0.1) is 22.7 Å². The molecule has 4 rings (SSSR count). The number of rotatable bonds is 6. The lowest BCUT2D eigenvalue weighted by atomic mass is 9.97. The van der Waals surface area contributed by atoms with Gasteiger partial charge in [0, 0.05) is 19.6 Å². The number of anilines is 2. The first-order valence-electron chi connectivity index (χ1n) is 10.7. The molecule has 1 aromatic heterocycles. The molecule has 32 heavy (non-hydrogen) atoms. The molecule has 3 heterocycles. The van der Waals surface area contributed by atoms with E-state index in [0.717, 1.165) is 19.4 Å². The molecule has 2 aromatic rings. The van der Waals surface area contributed by atoms with Crippen LogP contribution >= 0.6 is 0 Å². The van der Waals surface area contributed by atoms with Gasteiger partial charge in [-0.3, -0.25) is 9.59 Å². The van der Waals surface area contributed by atoms with Crippen LogP contribution in [0.5, 0.6) is 0 Å². The number of carbonyl (C=O) groups excluding carboxylic acids is 2. The van der Waals surface area contributed by atoms with Crippen LogP contribution in [0, 0.1) is 5.92 Å². The Bertz CT molecular complexity index is 1080. The molecule has 1 aromatic carbocycles. The van der Waals surface area contributed by atoms with Gasteiger partial charge in [-0.1, -0.05) is 18.2 Å². The van der Waals surface area contributed by atoms with Gasteiger partial charge >= 0.3 is 0 Å². The van der Waals surface area contributed by atoms with E-state index in [9.17, 15) is 18.0 Å². The summed E-state index contributed by atoms with van der Waals surface area (Å²) in [6.45, 7) is 1.63. The van der Waals surface area contributed by atoms with Crippen LogP contribution in [0.4, 0.5) is 11.5 Å². The summed E-state index contributed by atoms with van der Waals surface area (Å²) in [4.78, 5) is 31.0. The maximum Gasteiger partial charge on any atom is 0.243 e. The third kappa shape index (κ3) is 4.61. The molecule has 2 aliphatic heterocycles. The molecule has 2 atom stereocenters. The van der Waals surface area contributed by atoms with E-state index in [2.05, 4.69) is 10.3 Å². The molecule has 2 unspecified atom stereocenters. The van der Waals surface area contributed by atoms with Gasteiger partial charge in [-0.2, -0.15) is 4.31 Å². The summed E-state index contributed by atoms with van der Waals surface area (Å²) >= 11 is 0. The van der Waals surface area contributed by atoms with E-state index in [-0.39, 0.29) is 22.6 Å². The lowest BCUT2D eigenvalue weighted by molar-refractivity contribution is -0.122. The molecule has 0 radical (unpaired) electrons. The average Bonchev–Trinajstić information content (AvgIpc) is 3.31. The van der Waals surface area contributed by atoms with Crippen LogP contribution in [0.3, 0.4) is 0 Å². The van der Waals surface area contributed by atoms with Gasteiger partial charge in [0.15, 0.2) is 0 Å². The molecule has 170 valence electrons. The summed E-state index contributed by atoms with van der Waals surface area (Å²) in [5, 5.41) is 2.79. The Kier molecular flexibility index (Phi) is 6.43. The van der Waals surface area contributed by atoms with Crippen LogP contribution in [0.25, 0.3) is 0 Å². The molecular weight excluding hydrogens is 430 g/mol. The average molecular weight is 458 g/mol. The highest BCUT2D eigenvalue weighted by atomic mass is 32.2. The second kappa shape index (κ2) is 9.25. The lowest BCUT2D eigenvalue weighted by Crippen LogP contribution is -2.43. The number of aromatic nitrogens is 1. The van der Waals surface area contributed by atoms with Crippen molar-refractivity contribution >= 4 is 33.3 Å². The summed E-state index contributed by atoms with van der Waals surface area (Å²) in [5.41, 5.74) is 5.94. The fourth-order valence-electron chi connectivity index (χ4n) is 4.31. The first-order valence-corrected chi connectivity index (χ1v) is 12.2. The van der Waals surface area contributed by atoms with Gasteiger partial charge in [0.1, 0.15) is 11.9 Å². The fourth-order valence-corrected chi connectivity index (χ4v) is 5.99. The number of hydrogen-bond acceptors (Lipinski definition) is 6. The van der Waals surface area contributed by atoms with E-state index in [0.29, 0.717) is 37.4 Å². The third-order valence-corrected chi connectivity index (χ3v) is 7.94. The van der Waals surface area contributed by atoms with Crippen molar-refractivity contribution in [1.29, 1.82) is 0 Å². The van der Waals surface area contributed by atoms with Crippen LogP contribution in [-0.2, 0) is 19.6 Å². The maximum atomic E-state index is 13.0. The van der Waals surface area contributed by atoms with E-state index in [1.54, 1.807) is 36.5 Å². The predicted octanol–water partition coefficient (Wildman–Crippen LogP) is 1.58. The largest absolute Gasteiger partial charge is 0.369 e. The summed E-state index contributed by atoms with van der Waals surface area (Å²) in [6.07, 6.45) is 4.28. The molecule has 2 saturated heterocycles. The van der Waals surface area contributed by atoms with Crippen LogP contribution in [0.15, 0.2) is 53.6 Å². The van der Waals surface area contributed by atoms with E-state index < -0.39 is 16.1 Å². The molecular formula is C22H27N5O4S. The van der Waals surface area contributed by atoms with Crippen molar-refractivity contribution in [1.82, 2.24) is 9.29 Å². The minimum absolute atomic E-state index is 0.182. The number of amides is 2. The standard InChI is InChI=1S/C22H27N5O4S/c23-21(28)16-6-4-12-26(15-16)20-11-10-17(14-24-20)25-22(29)19-9-5-13-27(19)32(30,31)18-7-2-1-3-8-18/h1-3,7-8,10-11,14,16,19H,4-6,9,12-13,15H2,(H2,23,28)(H,25,29). The summed E-state index contributed by atoms with van der Waals surface area (Å²) < 4.78 is 27.3. The minimum Gasteiger partial charge on any atom is -0.369 e. The maximum absolute atomic E-state index is 13.0. The van der Waals surface area contributed by atoms with Crippen molar-refractivity contribution in [3.05, 3.63) is 48.7 Å². The molecule has 0 saturated carbocycles. The van der Waals surface area contributed by atoms with Crippen molar-refractivity contribution < 1.29 is 18.0 Å². The topological polar surface area (TPSA) is 126 Å². The highest BCUT2D eigenvalue weighted by molar-refractivity contribution is 7.89. The summed E-state index contributed by atoms with van der Waals surface area (Å²) in [6, 6.07) is 10.9.